The molecule has 0 radical (unpaired) electrons. The second-order valence-corrected chi connectivity index (χ2v) is 20.3. The van der Waals surface area contributed by atoms with Gasteiger partial charge in [0.2, 0.25) is 0 Å². The Morgan fingerprint density at radius 3 is 1.66 bits per heavy atom. The molecule has 2 aromatic heterocycles. The maximum Gasteiger partial charge on any atom is 0.136 e. The zero-order valence-electron chi connectivity index (χ0n) is 41.4. The van der Waals surface area contributed by atoms with Crippen LogP contribution in [-0.2, 0) is 5.41 Å². The van der Waals surface area contributed by atoms with Gasteiger partial charge in [0.15, 0.2) is 0 Å². The van der Waals surface area contributed by atoms with E-state index in [9.17, 15) is 0 Å². The summed E-state index contributed by atoms with van der Waals surface area (Å²) in [5, 5.41) is 4.78. The normalized spacial score (nSPS) is 14.1. The number of benzene rings is 12. The van der Waals surface area contributed by atoms with E-state index in [4.69, 9.17) is 4.42 Å². The smallest absolute Gasteiger partial charge is 0.136 e. The lowest BCUT2D eigenvalue weighted by molar-refractivity contribution is 0.668. The molecule has 1 unspecified atom stereocenters. The van der Waals surface area contributed by atoms with Gasteiger partial charge in [0.25, 0.3) is 0 Å². The molecule has 76 heavy (non-hydrogen) atoms. The summed E-state index contributed by atoms with van der Waals surface area (Å²) >= 11 is 0. The number of rotatable bonds is 7. The van der Waals surface area contributed by atoms with Crippen LogP contribution in [0.25, 0.3) is 105 Å². The first-order valence-corrected chi connectivity index (χ1v) is 26.2. The molecule has 0 N–H and O–H groups in total. The number of aromatic nitrogens is 1. The van der Waals surface area contributed by atoms with E-state index in [1.54, 1.807) is 0 Å². The van der Waals surface area contributed by atoms with E-state index in [0.717, 1.165) is 50.4 Å². The highest BCUT2D eigenvalue weighted by atomic mass is 16.3. The molecule has 1 spiro atoms. The SMILES string of the molecule is c1ccc(-c2ccc(N(c3cccc(-c4ccc(-c5ccc6c(c5)C5(c7ccccc7-6)c6ccccc6-c6c5ccc5oc7ccccc7c65)cc4)c3)c3ccc4c(c3)c3ccccc3n4-c3ccccc3)cc2)cc1. The van der Waals surface area contributed by atoms with E-state index in [2.05, 4.69) is 289 Å². The lowest BCUT2D eigenvalue weighted by atomic mass is 9.70. The average Bonchev–Trinajstić information content (AvgIpc) is 4.41. The average molecular weight is 967 g/mol. The Bertz CT molecular complexity index is 4620. The van der Waals surface area contributed by atoms with Crippen LogP contribution in [0.5, 0.6) is 0 Å². The van der Waals surface area contributed by atoms with Gasteiger partial charge in [-0.1, -0.05) is 200 Å². The zero-order valence-corrected chi connectivity index (χ0v) is 41.4. The van der Waals surface area contributed by atoms with Crippen molar-refractivity contribution < 1.29 is 4.42 Å². The van der Waals surface area contributed by atoms with Gasteiger partial charge in [0.05, 0.1) is 16.4 Å². The molecule has 2 aliphatic carbocycles. The standard InChI is InChI=1S/C73H46N2O/c1-3-16-47(17-4-1)48-34-37-54(38-35-48)74(56-39-42-68-62(46-56)59-23-9-13-28-67(59)75(68)53-19-5-2-6-20-53)55-21-15-18-51(44-55)49-30-32-50(33-31-49)52-36-40-58-57-22-7-11-26-63(57)73(66(58)45-52)64-27-12-8-24-60(64)71-65(73)41-43-70-72(71)61-25-10-14-29-69(61)76-70/h1-46H. The summed E-state index contributed by atoms with van der Waals surface area (Å²) in [5.74, 6) is 0. The van der Waals surface area contributed by atoms with E-state index >= 15 is 0 Å². The van der Waals surface area contributed by atoms with Gasteiger partial charge >= 0.3 is 0 Å². The van der Waals surface area contributed by atoms with Crippen molar-refractivity contribution in [1.29, 1.82) is 0 Å². The molecule has 16 rings (SSSR count). The number of fused-ring (bicyclic) bond motifs is 17. The summed E-state index contributed by atoms with van der Waals surface area (Å²) in [7, 11) is 0. The molecule has 0 amide bonds. The molecule has 0 fully saturated rings. The van der Waals surface area contributed by atoms with E-state index in [1.165, 1.54) is 94.0 Å². The summed E-state index contributed by atoms with van der Waals surface area (Å²) in [6.07, 6.45) is 0. The number of anilines is 3. The van der Waals surface area contributed by atoms with Gasteiger partial charge < -0.3 is 13.9 Å². The van der Waals surface area contributed by atoms with E-state index in [-0.39, 0.29) is 0 Å². The van der Waals surface area contributed by atoms with Gasteiger partial charge in [-0.15, -0.1) is 0 Å². The maximum absolute atomic E-state index is 6.52. The van der Waals surface area contributed by atoms with Crippen LogP contribution in [0, 0.1) is 0 Å². The molecule has 0 saturated heterocycles. The van der Waals surface area contributed by atoms with Gasteiger partial charge in [-0.3, -0.25) is 0 Å². The summed E-state index contributed by atoms with van der Waals surface area (Å²) < 4.78 is 8.89. The van der Waals surface area contributed by atoms with Crippen LogP contribution in [-0.4, -0.2) is 4.57 Å². The van der Waals surface area contributed by atoms with E-state index in [0.29, 0.717) is 0 Å². The Morgan fingerprint density at radius 2 is 0.855 bits per heavy atom. The molecule has 0 bridgehead atoms. The monoisotopic (exact) mass is 966 g/mol. The first-order chi connectivity index (χ1) is 37.7. The van der Waals surface area contributed by atoms with Gasteiger partial charge in [0.1, 0.15) is 11.2 Å². The van der Waals surface area contributed by atoms with Crippen LogP contribution in [0.1, 0.15) is 22.3 Å². The lowest BCUT2D eigenvalue weighted by Gasteiger charge is -2.30. The minimum absolute atomic E-state index is 0.488. The number of para-hydroxylation sites is 3. The number of nitrogens with zero attached hydrogens (tertiary/aromatic N) is 2. The Kier molecular flexibility index (Phi) is 9.25. The second-order valence-electron chi connectivity index (χ2n) is 20.3. The van der Waals surface area contributed by atoms with E-state index < -0.39 is 5.41 Å². The first-order valence-electron chi connectivity index (χ1n) is 26.2. The Labute approximate surface area is 440 Å². The maximum atomic E-state index is 6.52. The fraction of sp³-hybridized carbons (Fsp3) is 0.0137. The van der Waals surface area contributed by atoms with E-state index in [1.807, 2.05) is 0 Å². The summed E-state index contributed by atoms with van der Waals surface area (Å²) in [4.78, 5) is 2.40. The number of furan rings is 1. The minimum Gasteiger partial charge on any atom is -0.456 e. The van der Waals surface area contributed by atoms with Crippen molar-refractivity contribution in [2.45, 2.75) is 5.41 Å². The van der Waals surface area contributed by atoms with Gasteiger partial charge in [-0.25, -0.2) is 0 Å². The van der Waals surface area contributed by atoms with Crippen LogP contribution in [0.3, 0.4) is 0 Å². The van der Waals surface area contributed by atoms with Crippen molar-refractivity contribution in [2.75, 3.05) is 4.90 Å². The molecule has 14 aromatic rings. The predicted octanol–water partition coefficient (Wildman–Crippen LogP) is 19.5. The summed E-state index contributed by atoms with van der Waals surface area (Å²) in [5.41, 5.74) is 25.6. The predicted molar refractivity (Wildman–Crippen MR) is 315 cm³/mol. The number of hydrogen-bond donors (Lipinski definition) is 0. The van der Waals surface area contributed by atoms with Crippen molar-refractivity contribution in [3.63, 3.8) is 0 Å². The van der Waals surface area contributed by atoms with Gasteiger partial charge in [0, 0.05) is 44.3 Å². The first kappa shape index (κ1) is 42.5. The largest absolute Gasteiger partial charge is 0.456 e. The van der Waals surface area contributed by atoms with Crippen LogP contribution >= 0.6 is 0 Å². The van der Waals surface area contributed by atoms with Crippen LogP contribution in [0.15, 0.2) is 283 Å². The summed E-state index contributed by atoms with van der Waals surface area (Å²) in [6.45, 7) is 0. The van der Waals surface area contributed by atoms with Crippen LogP contribution < -0.4 is 4.90 Å². The third-order valence-electron chi connectivity index (χ3n) is 16.4. The van der Waals surface area contributed by atoms with Crippen molar-refractivity contribution in [3.8, 4) is 61.3 Å². The Hall–Kier alpha value is -9.96. The molecule has 3 nitrogen and oxygen atoms in total. The quantitative estimate of drug-likeness (QED) is 0.159. The molecular formula is C73H46N2O. The molecule has 12 aromatic carbocycles. The van der Waals surface area contributed by atoms with Crippen LogP contribution in [0.2, 0.25) is 0 Å². The molecule has 0 aliphatic heterocycles. The zero-order chi connectivity index (χ0) is 49.9. The Morgan fingerprint density at radius 1 is 0.303 bits per heavy atom. The van der Waals surface area contributed by atoms with Crippen LogP contribution in [0.4, 0.5) is 17.1 Å². The molecule has 1 atom stereocenters. The minimum atomic E-state index is -0.488. The third-order valence-corrected chi connectivity index (χ3v) is 16.4. The topological polar surface area (TPSA) is 21.3 Å². The third kappa shape index (κ3) is 6.17. The fourth-order valence-electron chi connectivity index (χ4n) is 13.1. The second kappa shape index (κ2) is 16.5. The van der Waals surface area contributed by atoms with Gasteiger partial charge in [-0.05, 0) is 157 Å². The molecule has 2 aliphatic rings. The molecule has 2 heterocycles. The number of hydrogen-bond acceptors (Lipinski definition) is 2. The fourth-order valence-corrected chi connectivity index (χ4v) is 13.1. The molecule has 0 saturated carbocycles. The van der Waals surface area contributed by atoms with Gasteiger partial charge in [-0.2, -0.15) is 0 Å². The lowest BCUT2D eigenvalue weighted by Crippen LogP contribution is -2.25. The highest BCUT2D eigenvalue weighted by Crippen LogP contribution is 2.64. The highest BCUT2D eigenvalue weighted by Gasteiger charge is 2.52. The summed E-state index contributed by atoms with van der Waals surface area (Å²) in [6, 6.07) is 102. The van der Waals surface area contributed by atoms with Crippen molar-refractivity contribution in [2.24, 2.45) is 0 Å². The van der Waals surface area contributed by atoms with Crippen molar-refractivity contribution in [1.82, 2.24) is 4.57 Å². The van der Waals surface area contributed by atoms with Crippen molar-refractivity contribution in [3.05, 3.63) is 301 Å². The Balaban J connectivity index is 0.803. The molecule has 3 heteroatoms. The van der Waals surface area contributed by atoms with Crippen molar-refractivity contribution >= 4 is 60.8 Å². The molecule has 354 valence electrons. The molecular weight excluding hydrogens is 921 g/mol. The highest BCUT2D eigenvalue weighted by molar-refractivity contribution is 6.16.